The minimum absolute atomic E-state index is 0.0190. The van der Waals surface area contributed by atoms with E-state index >= 15 is 0 Å². The fourth-order valence-corrected chi connectivity index (χ4v) is 3.34. The van der Waals surface area contributed by atoms with Crippen molar-refractivity contribution in [1.82, 2.24) is 0 Å². The van der Waals surface area contributed by atoms with Crippen LogP contribution >= 0.6 is 0 Å². The maximum absolute atomic E-state index is 12.1. The molecule has 0 radical (unpaired) electrons. The minimum atomic E-state index is -2.91. The zero-order valence-corrected chi connectivity index (χ0v) is 11.4. The van der Waals surface area contributed by atoms with Gasteiger partial charge in [-0.25, -0.2) is 8.42 Å². The Balaban J connectivity index is 1.93. The molecule has 0 bridgehead atoms. The van der Waals surface area contributed by atoms with E-state index in [1.807, 2.05) is 24.3 Å². The van der Waals surface area contributed by atoms with Gasteiger partial charge in [0.15, 0.2) is 5.78 Å². The summed E-state index contributed by atoms with van der Waals surface area (Å²) in [6, 6.07) is 7.66. The second-order valence-electron chi connectivity index (χ2n) is 4.80. The zero-order chi connectivity index (χ0) is 13.2. The van der Waals surface area contributed by atoms with Gasteiger partial charge in [0.1, 0.15) is 9.84 Å². The predicted molar refractivity (Wildman–Crippen MR) is 71.5 cm³/mol. The number of rotatable bonds is 5. The Labute approximate surface area is 108 Å². The summed E-state index contributed by atoms with van der Waals surface area (Å²) in [5, 5.41) is 0. The first-order valence-electron chi connectivity index (χ1n) is 6.36. The van der Waals surface area contributed by atoms with Crippen LogP contribution in [0.25, 0.3) is 0 Å². The van der Waals surface area contributed by atoms with Crippen LogP contribution in [0.15, 0.2) is 24.3 Å². The van der Waals surface area contributed by atoms with Gasteiger partial charge >= 0.3 is 0 Å². The zero-order valence-electron chi connectivity index (χ0n) is 10.6. The molecule has 0 saturated heterocycles. The molecule has 0 fully saturated rings. The van der Waals surface area contributed by atoms with Crippen LogP contribution in [-0.2, 0) is 16.3 Å². The highest BCUT2D eigenvalue weighted by molar-refractivity contribution is 7.91. The van der Waals surface area contributed by atoms with E-state index in [9.17, 15) is 13.2 Å². The van der Waals surface area contributed by atoms with E-state index in [2.05, 4.69) is 0 Å². The van der Waals surface area contributed by atoms with Crippen LogP contribution in [0, 0.1) is 5.92 Å². The molecule has 0 saturated carbocycles. The predicted octanol–water partition coefficient (Wildman–Crippen LogP) is 2.26. The van der Waals surface area contributed by atoms with Crippen LogP contribution in [0.4, 0.5) is 0 Å². The average Bonchev–Trinajstić information content (AvgIpc) is 2.67. The van der Waals surface area contributed by atoms with Gasteiger partial charge in [-0.3, -0.25) is 4.79 Å². The molecule has 0 aromatic heterocycles. The maximum Gasteiger partial charge on any atom is 0.166 e. The van der Waals surface area contributed by atoms with Crippen LogP contribution in [-0.4, -0.2) is 25.7 Å². The normalized spacial score (nSPS) is 18.9. The first-order valence-corrected chi connectivity index (χ1v) is 8.18. The topological polar surface area (TPSA) is 51.2 Å². The summed E-state index contributed by atoms with van der Waals surface area (Å²) in [6.45, 7) is 1.66. The molecule has 18 heavy (non-hydrogen) atoms. The fourth-order valence-electron chi connectivity index (χ4n) is 2.44. The summed E-state index contributed by atoms with van der Waals surface area (Å²) >= 11 is 0. The Bertz CT molecular complexity index is 546. The Hall–Kier alpha value is -1.16. The van der Waals surface area contributed by atoms with Crippen molar-refractivity contribution in [2.45, 2.75) is 26.2 Å². The number of carbonyl (C=O) groups is 1. The van der Waals surface area contributed by atoms with Crippen LogP contribution in [0.2, 0.25) is 0 Å². The molecule has 98 valence electrons. The maximum atomic E-state index is 12.1. The Morgan fingerprint density at radius 3 is 2.67 bits per heavy atom. The Kier molecular flexibility index (Phi) is 3.85. The first-order chi connectivity index (χ1) is 8.53. The van der Waals surface area contributed by atoms with Crippen molar-refractivity contribution in [1.29, 1.82) is 0 Å². The largest absolute Gasteiger partial charge is 0.294 e. The summed E-state index contributed by atoms with van der Waals surface area (Å²) < 4.78 is 22.8. The second kappa shape index (κ2) is 5.22. The number of hydrogen-bond donors (Lipinski definition) is 0. The fraction of sp³-hybridized carbons (Fsp3) is 0.500. The van der Waals surface area contributed by atoms with Crippen molar-refractivity contribution in [3.05, 3.63) is 35.4 Å². The van der Waals surface area contributed by atoms with Crippen LogP contribution < -0.4 is 0 Å². The van der Waals surface area contributed by atoms with Crippen LogP contribution in [0.5, 0.6) is 0 Å². The highest BCUT2D eigenvalue weighted by atomic mass is 32.2. The summed E-state index contributed by atoms with van der Waals surface area (Å²) in [7, 11) is -2.91. The molecule has 1 aromatic rings. The van der Waals surface area contributed by atoms with Gasteiger partial charge in [-0.05, 0) is 24.8 Å². The number of benzene rings is 1. The lowest BCUT2D eigenvalue weighted by Gasteiger charge is -2.07. The molecule has 0 N–H and O–H groups in total. The quantitative estimate of drug-likeness (QED) is 0.821. The molecule has 1 unspecified atom stereocenters. The number of fused-ring (bicyclic) bond motifs is 1. The van der Waals surface area contributed by atoms with Gasteiger partial charge in [-0.1, -0.05) is 31.2 Å². The third-order valence-electron chi connectivity index (χ3n) is 3.57. The van der Waals surface area contributed by atoms with E-state index < -0.39 is 9.84 Å². The van der Waals surface area contributed by atoms with Crippen molar-refractivity contribution < 1.29 is 13.2 Å². The molecule has 0 amide bonds. The van der Waals surface area contributed by atoms with Gasteiger partial charge in [0, 0.05) is 17.2 Å². The lowest BCUT2D eigenvalue weighted by molar-refractivity contribution is 0.0930. The molecule has 0 heterocycles. The first kappa shape index (κ1) is 13.3. The van der Waals surface area contributed by atoms with E-state index in [1.54, 1.807) is 6.92 Å². The molecule has 2 rings (SSSR count). The van der Waals surface area contributed by atoms with Gasteiger partial charge in [0.05, 0.1) is 5.75 Å². The highest BCUT2D eigenvalue weighted by Gasteiger charge is 2.29. The van der Waals surface area contributed by atoms with E-state index in [0.717, 1.165) is 17.5 Å². The number of hydrogen-bond acceptors (Lipinski definition) is 3. The van der Waals surface area contributed by atoms with Gasteiger partial charge in [0.25, 0.3) is 0 Å². The molecular weight excluding hydrogens is 248 g/mol. The SMILES string of the molecule is CCS(=O)(=O)CCCC1Cc2ccccc2C1=O. The van der Waals surface area contributed by atoms with Gasteiger partial charge in [-0.15, -0.1) is 0 Å². The molecule has 4 heteroatoms. The third kappa shape index (κ3) is 2.80. The minimum Gasteiger partial charge on any atom is -0.294 e. The van der Waals surface area contributed by atoms with Crippen LogP contribution in [0.1, 0.15) is 35.7 Å². The lowest BCUT2D eigenvalue weighted by atomic mass is 10.00. The smallest absolute Gasteiger partial charge is 0.166 e. The number of ketones is 1. The molecule has 1 atom stereocenters. The molecule has 1 aliphatic rings. The van der Waals surface area contributed by atoms with E-state index in [4.69, 9.17) is 0 Å². The molecule has 0 aliphatic heterocycles. The summed E-state index contributed by atoms with van der Waals surface area (Å²) in [4.78, 5) is 12.1. The van der Waals surface area contributed by atoms with Crippen LogP contribution in [0.3, 0.4) is 0 Å². The average molecular weight is 266 g/mol. The summed E-state index contributed by atoms with van der Waals surface area (Å²) in [5.41, 5.74) is 1.92. The van der Waals surface area contributed by atoms with Crippen molar-refractivity contribution >= 4 is 15.6 Å². The summed E-state index contributed by atoms with van der Waals surface area (Å²) in [6.07, 6.45) is 2.02. The number of sulfone groups is 1. The molecule has 1 aromatic carbocycles. The van der Waals surface area contributed by atoms with E-state index in [0.29, 0.717) is 12.8 Å². The molecule has 3 nitrogen and oxygen atoms in total. The Morgan fingerprint density at radius 1 is 1.28 bits per heavy atom. The van der Waals surface area contributed by atoms with Crippen molar-refractivity contribution in [3.63, 3.8) is 0 Å². The third-order valence-corrected chi connectivity index (χ3v) is 5.36. The number of carbonyl (C=O) groups excluding carboxylic acids is 1. The van der Waals surface area contributed by atoms with E-state index in [-0.39, 0.29) is 23.2 Å². The van der Waals surface area contributed by atoms with Crippen molar-refractivity contribution in [2.75, 3.05) is 11.5 Å². The molecule has 0 spiro atoms. The standard InChI is InChI=1S/C14H18O3S/c1-2-18(16,17)9-5-7-12-10-11-6-3-4-8-13(11)14(12)15/h3-4,6,8,12H,2,5,7,9-10H2,1H3. The van der Waals surface area contributed by atoms with Crippen molar-refractivity contribution in [2.24, 2.45) is 5.92 Å². The van der Waals surface area contributed by atoms with Gasteiger partial charge < -0.3 is 0 Å². The monoisotopic (exact) mass is 266 g/mol. The lowest BCUT2D eigenvalue weighted by Crippen LogP contribution is -2.13. The second-order valence-corrected chi connectivity index (χ2v) is 7.27. The summed E-state index contributed by atoms with van der Waals surface area (Å²) in [5.74, 6) is 0.545. The van der Waals surface area contributed by atoms with E-state index in [1.165, 1.54) is 0 Å². The number of Topliss-reactive ketones (excluding diaryl/α,β-unsaturated/α-hetero) is 1. The molecular formula is C14H18O3S. The van der Waals surface area contributed by atoms with Crippen molar-refractivity contribution in [3.8, 4) is 0 Å². The molecule has 1 aliphatic carbocycles. The van der Waals surface area contributed by atoms with Gasteiger partial charge in [-0.2, -0.15) is 0 Å². The highest BCUT2D eigenvalue weighted by Crippen LogP contribution is 2.29. The van der Waals surface area contributed by atoms with Gasteiger partial charge in [0.2, 0.25) is 0 Å². The Morgan fingerprint density at radius 2 is 2.00 bits per heavy atom.